The number of aryl methyl sites for hydroxylation is 2. The lowest BCUT2D eigenvalue weighted by atomic mass is 9.96. The van der Waals surface area contributed by atoms with Crippen LogP contribution < -0.4 is 10.6 Å². The van der Waals surface area contributed by atoms with E-state index in [0.29, 0.717) is 33.5 Å². The van der Waals surface area contributed by atoms with Gasteiger partial charge in [0.2, 0.25) is 0 Å². The first-order chi connectivity index (χ1) is 25.4. The van der Waals surface area contributed by atoms with E-state index in [1.165, 1.54) is 0 Å². The first kappa shape index (κ1) is 32.3. The minimum atomic E-state index is -0.220. The number of nitrogens with one attached hydrogen (secondary N) is 2. The lowest BCUT2D eigenvalue weighted by Gasteiger charge is -2.15. The Bertz CT molecular complexity index is 2450. The van der Waals surface area contributed by atoms with E-state index in [4.69, 9.17) is 9.97 Å². The van der Waals surface area contributed by atoms with Crippen molar-refractivity contribution in [1.29, 1.82) is 0 Å². The van der Waals surface area contributed by atoms with Gasteiger partial charge in [0.1, 0.15) is 0 Å². The maximum absolute atomic E-state index is 14.0. The van der Waals surface area contributed by atoms with Gasteiger partial charge in [0.05, 0.1) is 33.5 Å². The van der Waals surface area contributed by atoms with Gasteiger partial charge >= 0.3 is 0 Å². The number of rotatable bonds is 7. The van der Waals surface area contributed by atoms with Crippen molar-refractivity contribution in [3.63, 3.8) is 0 Å². The number of benzene rings is 6. The van der Waals surface area contributed by atoms with Crippen LogP contribution in [0.15, 0.2) is 158 Å². The molecule has 2 amide bonds. The Morgan fingerprint density at radius 2 is 0.808 bits per heavy atom. The van der Waals surface area contributed by atoms with Crippen molar-refractivity contribution >= 4 is 45.0 Å². The molecule has 0 saturated heterocycles. The number of hydrogen-bond acceptors (Lipinski definition) is 4. The van der Waals surface area contributed by atoms with Gasteiger partial charge in [0.25, 0.3) is 11.8 Å². The summed E-state index contributed by atoms with van der Waals surface area (Å²) < 4.78 is 0. The second-order valence-electron chi connectivity index (χ2n) is 12.8. The van der Waals surface area contributed by atoms with Gasteiger partial charge in [-0.3, -0.25) is 9.59 Å². The molecule has 8 rings (SSSR count). The third kappa shape index (κ3) is 6.41. The number of hydrogen-bond donors (Lipinski definition) is 2. The van der Waals surface area contributed by atoms with E-state index in [1.54, 1.807) is 0 Å². The first-order valence-corrected chi connectivity index (χ1v) is 17.2. The third-order valence-electron chi connectivity index (χ3n) is 9.37. The van der Waals surface area contributed by atoms with Gasteiger partial charge in [-0.25, -0.2) is 9.97 Å². The number of nitrogens with zero attached hydrogens (tertiary/aromatic N) is 2. The number of pyridine rings is 2. The van der Waals surface area contributed by atoms with Gasteiger partial charge < -0.3 is 10.6 Å². The summed E-state index contributed by atoms with van der Waals surface area (Å²) in [6, 6.07) is 50.9. The highest BCUT2D eigenvalue weighted by Gasteiger charge is 2.19. The van der Waals surface area contributed by atoms with E-state index in [0.717, 1.165) is 55.5 Å². The van der Waals surface area contributed by atoms with Gasteiger partial charge in [0.15, 0.2) is 0 Å². The predicted octanol–water partition coefficient (Wildman–Crippen LogP) is 10.9. The highest BCUT2D eigenvalue weighted by atomic mass is 16.2. The second-order valence-corrected chi connectivity index (χ2v) is 12.8. The monoisotopic (exact) mass is 674 g/mol. The Kier molecular flexibility index (Phi) is 8.55. The fraction of sp³-hybridized carbons (Fsp3) is 0.0435. The summed E-state index contributed by atoms with van der Waals surface area (Å²) >= 11 is 0. The molecule has 0 spiro atoms. The molecular weight excluding hydrogens is 641 g/mol. The van der Waals surface area contributed by atoms with Gasteiger partial charge in [0, 0.05) is 33.3 Å². The molecule has 0 saturated carbocycles. The van der Waals surface area contributed by atoms with E-state index >= 15 is 0 Å². The standard InChI is InChI=1S/C46H34N4O2/c1-29-13-9-11-19-39(29)49-45(51)37-27-43(31-15-5-3-6-16-31)47-41-23-21-33(25-35(37)41)34-22-24-42-36(26-34)38(28-44(48-42)32-17-7-4-8-18-32)46(52)50-40-20-12-10-14-30(40)2/h3-28H,1-2H3,(H,49,51)(H,50,52). The van der Waals surface area contributed by atoms with Crippen molar-refractivity contribution in [3.05, 3.63) is 180 Å². The number of para-hydroxylation sites is 2. The van der Waals surface area contributed by atoms with Gasteiger partial charge in [-0.05, 0) is 84.6 Å². The Balaban J connectivity index is 1.26. The highest BCUT2D eigenvalue weighted by molar-refractivity contribution is 6.15. The highest BCUT2D eigenvalue weighted by Crippen LogP contribution is 2.33. The van der Waals surface area contributed by atoms with Crippen LogP contribution in [-0.4, -0.2) is 21.8 Å². The van der Waals surface area contributed by atoms with Crippen LogP contribution in [0.4, 0.5) is 11.4 Å². The van der Waals surface area contributed by atoms with Crippen LogP contribution in [0.25, 0.3) is 55.4 Å². The largest absolute Gasteiger partial charge is 0.322 e. The molecule has 0 aliphatic rings. The zero-order valence-electron chi connectivity index (χ0n) is 28.7. The summed E-state index contributed by atoms with van der Waals surface area (Å²) in [5.74, 6) is -0.440. The zero-order valence-corrected chi connectivity index (χ0v) is 28.7. The average Bonchev–Trinajstić information content (AvgIpc) is 3.19. The maximum Gasteiger partial charge on any atom is 0.256 e. The molecule has 0 aliphatic carbocycles. The second kappa shape index (κ2) is 13.8. The van der Waals surface area contributed by atoms with Crippen molar-refractivity contribution in [2.75, 3.05) is 10.6 Å². The van der Waals surface area contributed by atoms with Crippen LogP contribution in [-0.2, 0) is 0 Å². The molecule has 0 unspecified atom stereocenters. The molecule has 6 heteroatoms. The Morgan fingerprint density at radius 1 is 0.423 bits per heavy atom. The van der Waals surface area contributed by atoms with E-state index in [2.05, 4.69) is 10.6 Å². The molecule has 2 N–H and O–H groups in total. The summed E-state index contributed by atoms with van der Waals surface area (Å²) in [6.45, 7) is 3.95. The molecule has 0 aliphatic heterocycles. The zero-order chi connectivity index (χ0) is 35.6. The van der Waals surface area contributed by atoms with Crippen molar-refractivity contribution < 1.29 is 9.59 Å². The Labute approximate surface area is 301 Å². The van der Waals surface area contributed by atoms with Gasteiger partial charge in [-0.1, -0.05) is 109 Å². The Hall–Kier alpha value is -6.92. The van der Waals surface area contributed by atoms with Crippen LogP contribution >= 0.6 is 0 Å². The molecule has 2 heterocycles. The summed E-state index contributed by atoms with van der Waals surface area (Å²) in [5.41, 5.74) is 10.9. The van der Waals surface area contributed by atoms with E-state index in [9.17, 15) is 9.59 Å². The summed E-state index contributed by atoms with van der Waals surface area (Å²) in [4.78, 5) is 38.0. The smallest absolute Gasteiger partial charge is 0.256 e. The maximum atomic E-state index is 14.0. The quantitative estimate of drug-likeness (QED) is 0.176. The molecule has 8 aromatic rings. The molecule has 250 valence electrons. The van der Waals surface area contributed by atoms with E-state index in [-0.39, 0.29) is 11.8 Å². The number of fused-ring (bicyclic) bond motifs is 2. The van der Waals surface area contributed by atoms with Crippen molar-refractivity contribution in [1.82, 2.24) is 9.97 Å². The molecule has 6 aromatic carbocycles. The number of anilines is 2. The molecular formula is C46H34N4O2. The molecule has 0 bridgehead atoms. The van der Waals surface area contributed by atoms with Gasteiger partial charge in [-0.2, -0.15) is 0 Å². The van der Waals surface area contributed by atoms with Crippen molar-refractivity contribution in [2.24, 2.45) is 0 Å². The fourth-order valence-electron chi connectivity index (χ4n) is 6.51. The Morgan fingerprint density at radius 3 is 1.21 bits per heavy atom. The topological polar surface area (TPSA) is 84.0 Å². The number of carbonyl (C=O) groups excluding carboxylic acids is 2. The minimum absolute atomic E-state index is 0.220. The predicted molar refractivity (Wildman–Crippen MR) is 212 cm³/mol. The molecule has 0 radical (unpaired) electrons. The molecule has 2 aromatic heterocycles. The lowest BCUT2D eigenvalue weighted by molar-refractivity contribution is 0.102. The van der Waals surface area contributed by atoms with Crippen molar-refractivity contribution in [3.8, 4) is 33.6 Å². The number of amides is 2. The van der Waals surface area contributed by atoms with Crippen LogP contribution in [0.3, 0.4) is 0 Å². The van der Waals surface area contributed by atoms with Crippen LogP contribution in [0.2, 0.25) is 0 Å². The number of carbonyl (C=O) groups is 2. The molecule has 6 nitrogen and oxygen atoms in total. The van der Waals surface area contributed by atoms with Gasteiger partial charge in [-0.15, -0.1) is 0 Å². The SMILES string of the molecule is Cc1ccccc1NC(=O)c1cc(-c2ccccc2)nc2ccc(-c3ccc4nc(-c5ccccc5)cc(C(=O)Nc5ccccc5C)c4c3)cc12. The minimum Gasteiger partial charge on any atom is -0.322 e. The van der Waals surface area contributed by atoms with Crippen molar-refractivity contribution in [2.45, 2.75) is 13.8 Å². The van der Waals surface area contributed by atoms with Crippen LogP contribution in [0.5, 0.6) is 0 Å². The third-order valence-corrected chi connectivity index (χ3v) is 9.37. The number of aromatic nitrogens is 2. The van der Waals surface area contributed by atoms with Crippen LogP contribution in [0, 0.1) is 13.8 Å². The van der Waals surface area contributed by atoms with Crippen LogP contribution in [0.1, 0.15) is 31.8 Å². The summed E-state index contributed by atoms with van der Waals surface area (Å²) in [7, 11) is 0. The molecule has 52 heavy (non-hydrogen) atoms. The van der Waals surface area contributed by atoms with E-state index in [1.807, 2.05) is 172 Å². The molecule has 0 atom stereocenters. The first-order valence-electron chi connectivity index (χ1n) is 17.2. The normalized spacial score (nSPS) is 11.0. The summed E-state index contributed by atoms with van der Waals surface area (Å²) in [5, 5.41) is 7.69. The lowest BCUT2D eigenvalue weighted by Crippen LogP contribution is -2.14. The fourth-order valence-corrected chi connectivity index (χ4v) is 6.51. The molecule has 0 fully saturated rings. The average molecular weight is 675 g/mol. The van der Waals surface area contributed by atoms with E-state index < -0.39 is 0 Å². The summed E-state index contributed by atoms with van der Waals surface area (Å²) in [6.07, 6.45) is 0.